The minimum absolute atomic E-state index is 0.870. The van der Waals surface area contributed by atoms with E-state index in [1.165, 1.54) is 5.56 Å². The average Bonchev–Trinajstić information content (AvgIpc) is 3.03. The van der Waals surface area contributed by atoms with Crippen molar-refractivity contribution in [2.75, 3.05) is 13.1 Å². The SMILES string of the molecule is c1ccc(-c2nnc3n2CCN(Cc2cccc4nccnc24)CC3)cc1. The second-order valence-corrected chi connectivity index (χ2v) is 6.82. The van der Waals surface area contributed by atoms with Crippen LogP contribution in [0.2, 0.25) is 0 Å². The predicted molar refractivity (Wildman–Crippen MR) is 104 cm³/mol. The molecule has 0 amide bonds. The van der Waals surface area contributed by atoms with Gasteiger partial charge in [0.2, 0.25) is 0 Å². The first-order chi connectivity index (χ1) is 13.4. The van der Waals surface area contributed by atoms with Gasteiger partial charge in [-0.3, -0.25) is 14.9 Å². The highest BCUT2D eigenvalue weighted by Crippen LogP contribution is 2.21. The summed E-state index contributed by atoms with van der Waals surface area (Å²) in [6, 6.07) is 16.5. The first kappa shape index (κ1) is 16.1. The first-order valence-corrected chi connectivity index (χ1v) is 9.27. The van der Waals surface area contributed by atoms with Crippen LogP contribution in [-0.4, -0.2) is 42.7 Å². The van der Waals surface area contributed by atoms with E-state index in [4.69, 9.17) is 0 Å². The zero-order valence-corrected chi connectivity index (χ0v) is 15.0. The molecular weight excluding hydrogens is 336 g/mol. The van der Waals surface area contributed by atoms with E-state index in [0.717, 1.165) is 60.8 Å². The first-order valence-electron chi connectivity index (χ1n) is 9.27. The van der Waals surface area contributed by atoms with Crippen LogP contribution in [0, 0.1) is 0 Å². The Balaban J connectivity index is 1.38. The van der Waals surface area contributed by atoms with Gasteiger partial charge in [0.15, 0.2) is 5.82 Å². The second kappa shape index (κ2) is 6.89. The number of rotatable bonds is 3. The number of aromatic nitrogens is 5. The van der Waals surface area contributed by atoms with Gasteiger partial charge in [-0.25, -0.2) is 0 Å². The molecule has 0 aliphatic carbocycles. The molecule has 0 N–H and O–H groups in total. The van der Waals surface area contributed by atoms with E-state index in [2.05, 4.69) is 53.9 Å². The molecule has 134 valence electrons. The number of nitrogens with zero attached hydrogens (tertiary/aromatic N) is 6. The minimum Gasteiger partial charge on any atom is -0.310 e. The van der Waals surface area contributed by atoms with Crippen LogP contribution in [0.25, 0.3) is 22.4 Å². The lowest BCUT2D eigenvalue weighted by Gasteiger charge is -2.20. The normalized spacial score (nSPS) is 14.8. The summed E-state index contributed by atoms with van der Waals surface area (Å²) >= 11 is 0. The number of hydrogen-bond acceptors (Lipinski definition) is 5. The Bertz CT molecular complexity index is 1070. The summed E-state index contributed by atoms with van der Waals surface area (Å²) in [7, 11) is 0. The third-order valence-electron chi connectivity index (χ3n) is 5.13. The summed E-state index contributed by atoms with van der Waals surface area (Å²) in [6.07, 6.45) is 4.41. The van der Waals surface area contributed by atoms with E-state index in [-0.39, 0.29) is 0 Å². The Morgan fingerprint density at radius 3 is 2.63 bits per heavy atom. The molecule has 3 heterocycles. The monoisotopic (exact) mass is 356 g/mol. The van der Waals surface area contributed by atoms with E-state index in [1.807, 2.05) is 24.3 Å². The topological polar surface area (TPSA) is 59.7 Å². The molecule has 0 unspecified atom stereocenters. The zero-order valence-electron chi connectivity index (χ0n) is 15.0. The molecule has 6 heteroatoms. The van der Waals surface area contributed by atoms with E-state index in [1.54, 1.807) is 12.4 Å². The van der Waals surface area contributed by atoms with Gasteiger partial charge in [-0.05, 0) is 11.6 Å². The van der Waals surface area contributed by atoms with Gasteiger partial charge in [-0.15, -0.1) is 10.2 Å². The van der Waals surface area contributed by atoms with Gasteiger partial charge in [-0.2, -0.15) is 0 Å². The summed E-state index contributed by atoms with van der Waals surface area (Å²) in [6.45, 7) is 3.68. The maximum Gasteiger partial charge on any atom is 0.164 e. The van der Waals surface area contributed by atoms with Crippen molar-refractivity contribution in [3.63, 3.8) is 0 Å². The molecule has 6 nitrogen and oxygen atoms in total. The molecule has 0 atom stereocenters. The standard InChI is InChI=1S/C21H20N6/c1-2-5-16(6-3-1)21-25-24-19-9-12-26(13-14-27(19)21)15-17-7-4-8-18-20(17)23-11-10-22-18/h1-8,10-11H,9,12-15H2. The Labute approximate surface area is 157 Å². The minimum atomic E-state index is 0.870. The van der Waals surface area contributed by atoms with Crippen molar-refractivity contribution >= 4 is 11.0 Å². The summed E-state index contributed by atoms with van der Waals surface area (Å²) in [4.78, 5) is 11.4. The third kappa shape index (κ3) is 3.08. The molecule has 0 fully saturated rings. The molecular formula is C21H20N6. The molecule has 0 saturated carbocycles. The number of para-hydroxylation sites is 1. The quantitative estimate of drug-likeness (QED) is 0.565. The maximum absolute atomic E-state index is 4.54. The Morgan fingerprint density at radius 1 is 0.815 bits per heavy atom. The van der Waals surface area contributed by atoms with Crippen LogP contribution >= 0.6 is 0 Å². The molecule has 1 aliphatic rings. The van der Waals surface area contributed by atoms with E-state index >= 15 is 0 Å². The fourth-order valence-electron chi connectivity index (χ4n) is 3.75. The molecule has 2 aromatic heterocycles. The van der Waals surface area contributed by atoms with Crippen molar-refractivity contribution in [2.24, 2.45) is 0 Å². The van der Waals surface area contributed by atoms with Crippen LogP contribution in [0.5, 0.6) is 0 Å². The lowest BCUT2D eigenvalue weighted by molar-refractivity contribution is 0.272. The van der Waals surface area contributed by atoms with Crippen LogP contribution < -0.4 is 0 Å². The van der Waals surface area contributed by atoms with Gasteiger partial charge >= 0.3 is 0 Å². The second-order valence-electron chi connectivity index (χ2n) is 6.82. The number of fused-ring (bicyclic) bond motifs is 2. The fourth-order valence-corrected chi connectivity index (χ4v) is 3.75. The lowest BCUT2D eigenvalue weighted by Crippen LogP contribution is -2.26. The third-order valence-corrected chi connectivity index (χ3v) is 5.13. The summed E-state index contributed by atoms with van der Waals surface area (Å²) in [5, 5.41) is 8.88. The number of hydrogen-bond donors (Lipinski definition) is 0. The van der Waals surface area contributed by atoms with Gasteiger partial charge in [0, 0.05) is 50.6 Å². The van der Waals surface area contributed by atoms with E-state index < -0.39 is 0 Å². The Morgan fingerprint density at radius 2 is 1.70 bits per heavy atom. The van der Waals surface area contributed by atoms with Crippen molar-refractivity contribution in [3.05, 3.63) is 72.3 Å². The van der Waals surface area contributed by atoms with Crippen molar-refractivity contribution in [1.29, 1.82) is 0 Å². The van der Waals surface area contributed by atoms with Crippen LogP contribution in [0.3, 0.4) is 0 Å². The summed E-state index contributed by atoms with van der Waals surface area (Å²) in [5.41, 5.74) is 4.29. The van der Waals surface area contributed by atoms with E-state index in [9.17, 15) is 0 Å². The van der Waals surface area contributed by atoms with Crippen LogP contribution in [-0.2, 0) is 19.5 Å². The molecule has 27 heavy (non-hydrogen) atoms. The zero-order chi connectivity index (χ0) is 18.1. The van der Waals surface area contributed by atoms with Gasteiger partial charge < -0.3 is 4.57 Å². The largest absolute Gasteiger partial charge is 0.310 e. The number of benzene rings is 2. The highest BCUT2D eigenvalue weighted by atomic mass is 15.3. The maximum atomic E-state index is 4.54. The van der Waals surface area contributed by atoms with Crippen molar-refractivity contribution in [2.45, 2.75) is 19.5 Å². The highest BCUT2D eigenvalue weighted by molar-refractivity contribution is 5.77. The van der Waals surface area contributed by atoms with Crippen LogP contribution in [0.1, 0.15) is 11.4 Å². The molecule has 2 aromatic carbocycles. The van der Waals surface area contributed by atoms with Crippen molar-refractivity contribution in [3.8, 4) is 11.4 Å². The summed E-state index contributed by atoms with van der Waals surface area (Å²) in [5.74, 6) is 2.03. The van der Waals surface area contributed by atoms with Gasteiger partial charge in [0.05, 0.1) is 11.0 Å². The summed E-state index contributed by atoms with van der Waals surface area (Å²) < 4.78 is 2.26. The van der Waals surface area contributed by atoms with Gasteiger partial charge in [0.25, 0.3) is 0 Å². The predicted octanol–water partition coefficient (Wildman–Crippen LogP) is 2.95. The van der Waals surface area contributed by atoms with E-state index in [0.29, 0.717) is 0 Å². The smallest absolute Gasteiger partial charge is 0.164 e. The molecule has 0 saturated heterocycles. The molecule has 0 bridgehead atoms. The van der Waals surface area contributed by atoms with Crippen molar-refractivity contribution < 1.29 is 0 Å². The van der Waals surface area contributed by atoms with Gasteiger partial charge in [-0.1, -0.05) is 42.5 Å². The van der Waals surface area contributed by atoms with Crippen LogP contribution in [0.15, 0.2) is 60.9 Å². The van der Waals surface area contributed by atoms with Crippen molar-refractivity contribution in [1.82, 2.24) is 29.6 Å². The Hall–Kier alpha value is -3.12. The molecule has 0 spiro atoms. The van der Waals surface area contributed by atoms with Crippen LogP contribution in [0.4, 0.5) is 0 Å². The molecule has 1 aliphatic heterocycles. The molecule has 4 aromatic rings. The van der Waals surface area contributed by atoms with Gasteiger partial charge in [0.1, 0.15) is 5.82 Å². The average molecular weight is 356 g/mol. The molecule has 5 rings (SSSR count). The fraction of sp³-hybridized carbons (Fsp3) is 0.238. The lowest BCUT2D eigenvalue weighted by atomic mass is 10.1. The highest BCUT2D eigenvalue weighted by Gasteiger charge is 2.20. The Kier molecular flexibility index (Phi) is 4.10. The molecule has 0 radical (unpaired) electrons.